The maximum Gasteiger partial charge on any atom is 0.265 e. The van der Waals surface area contributed by atoms with E-state index in [2.05, 4.69) is 25.0 Å². The quantitative estimate of drug-likeness (QED) is 0.743. The van der Waals surface area contributed by atoms with Crippen LogP contribution in [0.5, 0.6) is 0 Å². The fourth-order valence-electron chi connectivity index (χ4n) is 1.40. The molecule has 0 saturated heterocycles. The lowest BCUT2D eigenvalue weighted by Gasteiger charge is -2.07. The number of aromatic amines is 1. The summed E-state index contributed by atoms with van der Waals surface area (Å²) < 4.78 is 26.3. The van der Waals surface area contributed by atoms with Gasteiger partial charge in [0.1, 0.15) is 10.7 Å². The van der Waals surface area contributed by atoms with Crippen molar-refractivity contribution in [3.8, 4) is 0 Å². The molecular formula is C11H15N5O2S. The first-order valence-electron chi connectivity index (χ1n) is 5.84. The first-order valence-corrected chi connectivity index (χ1v) is 7.32. The van der Waals surface area contributed by atoms with Crippen LogP contribution in [0.25, 0.3) is 0 Å². The first kappa shape index (κ1) is 13.3. The Bertz CT molecular complexity index is 607. The topological polar surface area (TPSA) is 99.8 Å². The van der Waals surface area contributed by atoms with E-state index in [0.717, 1.165) is 13.0 Å². The number of aromatic nitrogens is 3. The molecule has 0 unspecified atom stereocenters. The molecule has 3 N–H and O–H groups in total. The molecule has 0 spiro atoms. The van der Waals surface area contributed by atoms with Crippen molar-refractivity contribution in [2.24, 2.45) is 0 Å². The Balaban J connectivity index is 2.12. The summed E-state index contributed by atoms with van der Waals surface area (Å²) in [6.07, 6.45) is 5.28. The second-order valence-corrected chi connectivity index (χ2v) is 5.53. The van der Waals surface area contributed by atoms with Gasteiger partial charge >= 0.3 is 0 Å². The third-order valence-corrected chi connectivity index (χ3v) is 3.66. The lowest BCUT2D eigenvalue weighted by molar-refractivity contribution is 0.600. The molecule has 8 heteroatoms. The number of hydrogen-bond acceptors (Lipinski definition) is 5. The average molecular weight is 281 g/mol. The van der Waals surface area contributed by atoms with Crippen molar-refractivity contribution < 1.29 is 8.42 Å². The molecule has 0 aromatic carbocycles. The Hall–Kier alpha value is -2.09. The zero-order valence-electron chi connectivity index (χ0n) is 10.4. The molecule has 0 radical (unpaired) electrons. The summed E-state index contributed by atoms with van der Waals surface area (Å²) in [6, 6.07) is 3.13. The van der Waals surface area contributed by atoms with Crippen molar-refractivity contribution in [1.29, 1.82) is 0 Å². The van der Waals surface area contributed by atoms with E-state index in [9.17, 15) is 8.42 Å². The zero-order chi connectivity index (χ0) is 13.7. The second kappa shape index (κ2) is 5.70. The van der Waals surface area contributed by atoms with Crippen LogP contribution < -0.4 is 10.0 Å². The Kier molecular flexibility index (Phi) is 4.00. The van der Waals surface area contributed by atoms with Gasteiger partial charge < -0.3 is 10.3 Å². The third kappa shape index (κ3) is 3.44. The highest BCUT2D eigenvalue weighted by atomic mass is 32.2. The number of hydrogen-bond donors (Lipinski definition) is 3. The van der Waals surface area contributed by atoms with Crippen molar-refractivity contribution in [2.75, 3.05) is 16.6 Å². The van der Waals surface area contributed by atoms with Gasteiger partial charge in [0.15, 0.2) is 0 Å². The lowest BCUT2D eigenvalue weighted by Crippen LogP contribution is -2.14. The molecule has 2 heterocycles. The van der Waals surface area contributed by atoms with Crippen LogP contribution >= 0.6 is 0 Å². The average Bonchev–Trinajstić information content (AvgIpc) is 2.89. The lowest BCUT2D eigenvalue weighted by atomic mass is 10.4. The molecule has 102 valence electrons. The highest BCUT2D eigenvalue weighted by molar-refractivity contribution is 7.92. The molecule has 0 fully saturated rings. The summed E-state index contributed by atoms with van der Waals surface area (Å²) >= 11 is 0. The van der Waals surface area contributed by atoms with E-state index in [4.69, 9.17) is 0 Å². The molecule has 2 aromatic rings. The Morgan fingerprint density at radius 1 is 1.32 bits per heavy atom. The molecule has 0 atom stereocenters. The van der Waals surface area contributed by atoms with Crippen molar-refractivity contribution in [3.05, 3.63) is 30.7 Å². The van der Waals surface area contributed by atoms with Gasteiger partial charge in [-0.15, -0.1) is 0 Å². The monoisotopic (exact) mass is 281 g/mol. The van der Waals surface area contributed by atoms with E-state index in [1.807, 2.05) is 6.92 Å². The Labute approximate surface area is 111 Å². The van der Waals surface area contributed by atoms with Crippen LogP contribution in [0.4, 0.5) is 11.8 Å². The maximum atomic E-state index is 12.0. The summed E-state index contributed by atoms with van der Waals surface area (Å²) in [6.45, 7) is 2.84. The molecule has 0 aliphatic rings. The van der Waals surface area contributed by atoms with E-state index < -0.39 is 10.0 Å². The van der Waals surface area contributed by atoms with Gasteiger partial charge in [0.2, 0.25) is 5.95 Å². The van der Waals surface area contributed by atoms with Gasteiger partial charge in [0.25, 0.3) is 10.0 Å². The number of nitrogens with zero attached hydrogens (tertiary/aromatic N) is 2. The van der Waals surface area contributed by atoms with Crippen LogP contribution in [-0.4, -0.2) is 29.9 Å². The van der Waals surface area contributed by atoms with Gasteiger partial charge in [-0.25, -0.2) is 23.1 Å². The Morgan fingerprint density at radius 3 is 2.74 bits per heavy atom. The maximum absolute atomic E-state index is 12.0. The molecule has 0 aliphatic heterocycles. The summed E-state index contributed by atoms with van der Waals surface area (Å²) in [5.74, 6) is 0.826. The minimum Gasteiger partial charge on any atom is -0.370 e. The van der Waals surface area contributed by atoms with Gasteiger partial charge in [-0.3, -0.25) is 0 Å². The van der Waals surface area contributed by atoms with Crippen molar-refractivity contribution in [2.45, 2.75) is 18.2 Å². The molecule has 19 heavy (non-hydrogen) atoms. The van der Waals surface area contributed by atoms with E-state index in [1.54, 1.807) is 6.07 Å². The number of pyridine rings is 1. The second-order valence-electron chi connectivity index (χ2n) is 3.85. The third-order valence-electron chi connectivity index (χ3n) is 2.33. The van der Waals surface area contributed by atoms with Gasteiger partial charge in [-0.05, 0) is 18.6 Å². The minimum absolute atomic E-state index is 0.0888. The predicted molar refractivity (Wildman–Crippen MR) is 72.4 cm³/mol. The molecular weight excluding hydrogens is 266 g/mol. The number of sulfonamides is 1. The molecule has 0 bridgehead atoms. The van der Waals surface area contributed by atoms with Gasteiger partial charge in [-0.2, -0.15) is 0 Å². The Morgan fingerprint density at radius 2 is 2.16 bits per heavy atom. The van der Waals surface area contributed by atoms with Crippen molar-refractivity contribution >= 4 is 21.8 Å². The van der Waals surface area contributed by atoms with E-state index >= 15 is 0 Å². The molecule has 7 nitrogen and oxygen atoms in total. The summed E-state index contributed by atoms with van der Waals surface area (Å²) in [4.78, 5) is 10.6. The van der Waals surface area contributed by atoms with Gasteiger partial charge in [0, 0.05) is 25.1 Å². The molecule has 0 aliphatic carbocycles. The summed E-state index contributed by atoms with van der Waals surface area (Å²) in [5, 5.41) is 3.07. The van der Waals surface area contributed by atoms with Crippen LogP contribution in [0.1, 0.15) is 13.3 Å². The van der Waals surface area contributed by atoms with E-state index in [1.165, 1.54) is 24.7 Å². The predicted octanol–water partition coefficient (Wildman–Crippen LogP) is 1.43. The smallest absolute Gasteiger partial charge is 0.265 e. The van der Waals surface area contributed by atoms with Crippen LogP contribution in [0.3, 0.4) is 0 Å². The molecule has 2 rings (SSSR count). The summed E-state index contributed by atoms with van der Waals surface area (Å²) in [5.41, 5.74) is 0. The molecule has 0 amide bonds. The van der Waals surface area contributed by atoms with Gasteiger partial charge in [-0.1, -0.05) is 6.92 Å². The number of rotatable bonds is 6. The SMILES string of the molecule is CCCNc1ccc(S(=O)(=O)Nc2ncc[nH]2)cn1. The van der Waals surface area contributed by atoms with Crippen LogP contribution in [-0.2, 0) is 10.0 Å². The van der Waals surface area contributed by atoms with Crippen molar-refractivity contribution in [1.82, 2.24) is 15.0 Å². The van der Waals surface area contributed by atoms with Gasteiger partial charge in [0.05, 0.1) is 0 Å². The number of H-pyrrole nitrogens is 1. The standard InChI is InChI=1S/C11H15N5O2S/c1-2-5-12-10-4-3-9(8-15-10)19(17,18)16-11-13-6-7-14-11/h3-4,6-8H,2,5H2,1H3,(H,12,15)(H2,13,14,16). The first-order chi connectivity index (χ1) is 9.12. The van der Waals surface area contributed by atoms with E-state index in [-0.39, 0.29) is 10.8 Å². The normalized spacial score (nSPS) is 11.2. The number of anilines is 2. The fourth-order valence-corrected chi connectivity index (χ4v) is 2.33. The fraction of sp³-hybridized carbons (Fsp3) is 0.273. The summed E-state index contributed by atoms with van der Waals surface area (Å²) in [7, 11) is -3.65. The largest absolute Gasteiger partial charge is 0.370 e. The van der Waals surface area contributed by atoms with E-state index in [0.29, 0.717) is 5.82 Å². The number of imidazole rings is 1. The van der Waals surface area contributed by atoms with Crippen LogP contribution in [0.15, 0.2) is 35.6 Å². The zero-order valence-corrected chi connectivity index (χ0v) is 11.2. The van der Waals surface area contributed by atoms with Crippen molar-refractivity contribution in [3.63, 3.8) is 0 Å². The highest BCUT2D eigenvalue weighted by Gasteiger charge is 2.15. The number of nitrogens with one attached hydrogen (secondary N) is 3. The highest BCUT2D eigenvalue weighted by Crippen LogP contribution is 2.13. The van der Waals surface area contributed by atoms with Crippen LogP contribution in [0, 0.1) is 0 Å². The minimum atomic E-state index is -3.65. The molecule has 0 saturated carbocycles. The van der Waals surface area contributed by atoms with Crippen LogP contribution in [0.2, 0.25) is 0 Å². The molecule has 2 aromatic heterocycles.